The van der Waals surface area contributed by atoms with Crippen molar-refractivity contribution in [2.45, 2.75) is 6.92 Å². The summed E-state index contributed by atoms with van der Waals surface area (Å²) < 4.78 is 5.64. The zero-order chi connectivity index (χ0) is 12.3. The monoisotopic (exact) mass is 228 g/mol. The van der Waals surface area contributed by atoms with E-state index in [-0.39, 0.29) is 5.56 Å². The van der Waals surface area contributed by atoms with Crippen molar-refractivity contribution in [1.29, 1.82) is 0 Å². The second-order valence-electron chi connectivity index (χ2n) is 3.70. The zero-order valence-electron chi connectivity index (χ0n) is 9.38. The normalized spacial score (nSPS) is 9.94. The molecule has 1 N–H and O–H groups in total. The van der Waals surface area contributed by atoms with Gasteiger partial charge in [-0.1, -0.05) is 24.3 Å². The van der Waals surface area contributed by atoms with Crippen LogP contribution in [0.25, 0.3) is 0 Å². The maximum atomic E-state index is 10.8. The number of benzene rings is 2. The van der Waals surface area contributed by atoms with Crippen LogP contribution in [0.3, 0.4) is 0 Å². The quantitative estimate of drug-likeness (QED) is 0.874. The lowest BCUT2D eigenvalue weighted by atomic mass is 10.2. The smallest absolute Gasteiger partial charge is 0.335 e. The molecule has 0 aliphatic rings. The Morgan fingerprint density at radius 3 is 2.59 bits per heavy atom. The lowest BCUT2D eigenvalue weighted by molar-refractivity contribution is 0.0696. The second-order valence-corrected chi connectivity index (χ2v) is 3.70. The number of hydrogen-bond donors (Lipinski definition) is 1. The van der Waals surface area contributed by atoms with Gasteiger partial charge in [-0.3, -0.25) is 0 Å². The number of carboxylic acids is 1. The van der Waals surface area contributed by atoms with E-state index in [1.807, 2.05) is 31.2 Å². The molecule has 0 spiro atoms. The summed E-state index contributed by atoms with van der Waals surface area (Å²) in [5, 5.41) is 8.87. The standard InChI is InChI=1S/C14H12O3/c1-10-5-2-3-8-13(10)17-12-7-4-6-11(9-12)14(15)16/h2-9H,1H3,(H,15,16). The molecule has 17 heavy (non-hydrogen) atoms. The van der Waals surface area contributed by atoms with Crippen LogP contribution in [0.4, 0.5) is 0 Å². The van der Waals surface area contributed by atoms with E-state index in [1.165, 1.54) is 12.1 Å². The second kappa shape index (κ2) is 4.70. The van der Waals surface area contributed by atoms with Gasteiger partial charge in [-0.25, -0.2) is 4.79 Å². The van der Waals surface area contributed by atoms with Crippen molar-refractivity contribution in [1.82, 2.24) is 0 Å². The van der Waals surface area contributed by atoms with Gasteiger partial charge < -0.3 is 9.84 Å². The maximum Gasteiger partial charge on any atom is 0.335 e. The third-order valence-corrected chi connectivity index (χ3v) is 2.40. The molecule has 86 valence electrons. The van der Waals surface area contributed by atoms with E-state index in [4.69, 9.17) is 9.84 Å². The van der Waals surface area contributed by atoms with Crippen molar-refractivity contribution in [3.8, 4) is 11.5 Å². The third kappa shape index (κ3) is 2.64. The first-order valence-corrected chi connectivity index (χ1v) is 5.23. The topological polar surface area (TPSA) is 46.5 Å². The zero-order valence-corrected chi connectivity index (χ0v) is 9.38. The molecule has 0 bridgehead atoms. The highest BCUT2D eigenvalue weighted by Gasteiger charge is 2.05. The van der Waals surface area contributed by atoms with E-state index >= 15 is 0 Å². The molecule has 0 radical (unpaired) electrons. The summed E-state index contributed by atoms with van der Waals surface area (Å²) in [5.41, 5.74) is 1.23. The number of rotatable bonds is 3. The molecule has 0 atom stereocenters. The van der Waals surface area contributed by atoms with Gasteiger partial charge in [-0.2, -0.15) is 0 Å². The minimum Gasteiger partial charge on any atom is -0.478 e. The molecule has 0 aliphatic heterocycles. The van der Waals surface area contributed by atoms with Crippen molar-refractivity contribution in [2.24, 2.45) is 0 Å². The summed E-state index contributed by atoms with van der Waals surface area (Å²) in [6.45, 7) is 1.94. The van der Waals surface area contributed by atoms with Crippen LogP contribution in [0.15, 0.2) is 48.5 Å². The first-order valence-electron chi connectivity index (χ1n) is 5.23. The fourth-order valence-electron chi connectivity index (χ4n) is 1.49. The largest absolute Gasteiger partial charge is 0.478 e. The van der Waals surface area contributed by atoms with Crippen LogP contribution in [0.1, 0.15) is 15.9 Å². The van der Waals surface area contributed by atoms with Gasteiger partial charge >= 0.3 is 5.97 Å². The van der Waals surface area contributed by atoms with Crippen LogP contribution in [-0.2, 0) is 0 Å². The molecule has 0 aromatic heterocycles. The van der Waals surface area contributed by atoms with Crippen molar-refractivity contribution in [2.75, 3.05) is 0 Å². The van der Waals surface area contributed by atoms with Gasteiger partial charge in [0.05, 0.1) is 5.56 Å². The van der Waals surface area contributed by atoms with Crippen LogP contribution in [-0.4, -0.2) is 11.1 Å². The van der Waals surface area contributed by atoms with Crippen LogP contribution in [0.5, 0.6) is 11.5 Å². The summed E-state index contributed by atoms with van der Waals surface area (Å²) in [6, 6.07) is 14.0. The van der Waals surface area contributed by atoms with Gasteiger partial charge in [-0.05, 0) is 36.8 Å². The first-order chi connectivity index (χ1) is 8.16. The van der Waals surface area contributed by atoms with Crippen LogP contribution < -0.4 is 4.74 Å². The van der Waals surface area contributed by atoms with Crippen molar-refractivity contribution >= 4 is 5.97 Å². The third-order valence-electron chi connectivity index (χ3n) is 2.40. The van der Waals surface area contributed by atoms with E-state index in [0.717, 1.165) is 11.3 Å². The van der Waals surface area contributed by atoms with Gasteiger partial charge in [0, 0.05) is 0 Å². The van der Waals surface area contributed by atoms with Gasteiger partial charge in [0.2, 0.25) is 0 Å². The van der Waals surface area contributed by atoms with Crippen LogP contribution >= 0.6 is 0 Å². The van der Waals surface area contributed by atoms with Crippen molar-refractivity contribution in [3.63, 3.8) is 0 Å². The maximum absolute atomic E-state index is 10.8. The Morgan fingerprint density at radius 2 is 1.88 bits per heavy atom. The van der Waals surface area contributed by atoms with Crippen molar-refractivity contribution in [3.05, 3.63) is 59.7 Å². The molecule has 2 aromatic carbocycles. The average Bonchev–Trinajstić information content (AvgIpc) is 2.32. The fraction of sp³-hybridized carbons (Fsp3) is 0.0714. The Kier molecular flexibility index (Phi) is 3.10. The number of carboxylic acid groups (broad SMARTS) is 1. The summed E-state index contributed by atoms with van der Waals surface area (Å²) in [6.07, 6.45) is 0. The Hall–Kier alpha value is -2.29. The number of aryl methyl sites for hydroxylation is 1. The molecular formula is C14H12O3. The van der Waals surface area contributed by atoms with Crippen LogP contribution in [0.2, 0.25) is 0 Å². The predicted molar refractivity (Wildman–Crippen MR) is 64.7 cm³/mol. The fourth-order valence-corrected chi connectivity index (χ4v) is 1.49. The highest BCUT2D eigenvalue weighted by atomic mass is 16.5. The number of ether oxygens (including phenoxy) is 1. The van der Waals surface area contributed by atoms with E-state index in [1.54, 1.807) is 12.1 Å². The average molecular weight is 228 g/mol. The molecule has 0 saturated carbocycles. The number of hydrogen-bond acceptors (Lipinski definition) is 2. The molecule has 3 nitrogen and oxygen atoms in total. The van der Waals surface area contributed by atoms with Gasteiger partial charge in [0.15, 0.2) is 0 Å². The lowest BCUT2D eigenvalue weighted by Gasteiger charge is -2.08. The van der Waals surface area contributed by atoms with Crippen molar-refractivity contribution < 1.29 is 14.6 Å². The molecule has 3 heteroatoms. The minimum atomic E-state index is -0.958. The van der Waals surface area contributed by atoms with E-state index in [9.17, 15) is 4.79 Å². The summed E-state index contributed by atoms with van der Waals surface area (Å²) >= 11 is 0. The lowest BCUT2D eigenvalue weighted by Crippen LogP contribution is -1.96. The Balaban J connectivity index is 2.28. The number of aromatic carboxylic acids is 1. The molecule has 0 fully saturated rings. The molecule has 2 aromatic rings. The highest BCUT2D eigenvalue weighted by molar-refractivity contribution is 5.88. The predicted octanol–water partition coefficient (Wildman–Crippen LogP) is 3.49. The van der Waals surface area contributed by atoms with E-state index < -0.39 is 5.97 Å². The Morgan fingerprint density at radius 1 is 1.12 bits per heavy atom. The molecule has 2 rings (SSSR count). The highest BCUT2D eigenvalue weighted by Crippen LogP contribution is 2.25. The summed E-state index contributed by atoms with van der Waals surface area (Å²) in [7, 11) is 0. The Labute approximate surface area is 99.3 Å². The molecular weight excluding hydrogens is 216 g/mol. The SMILES string of the molecule is Cc1ccccc1Oc1cccc(C(=O)O)c1. The molecule has 0 saturated heterocycles. The van der Waals surface area contributed by atoms with Gasteiger partial charge in [-0.15, -0.1) is 0 Å². The minimum absolute atomic E-state index is 0.219. The number of para-hydroxylation sites is 1. The van der Waals surface area contributed by atoms with E-state index in [2.05, 4.69) is 0 Å². The van der Waals surface area contributed by atoms with Crippen LogP contribution in [0, 0.1) is 6.92 Å². The molecule has 0 heterocycles. The summed E-state index contributed by atoms with van der Waals surface area (Å²) in [4.78, 5) is 10.8. The molecule has 0 amide bonds. The van der Waals surface area contributed by atoms with E-state index in [0.29, 0.717) is 5.75 Å². The first kappa shape index (κ1) is 11.2. The van der Waals surface area contributed by atoms with Gasteiger partial charge in [0.1, 0.15) is 11.5 Å². The Bertz CT molecular complexity index is 547. The molecule has 0 unspecified atom stereocenters. The van der Waals surface area contributed by atoms with Gasteiger partial charge in [0.25, 0.3) is 0 Å². The number of carbonyl (C=O) groups is 1. The summed E-state index contributed by atoms with van der Waals surface area (Å²) in [5.74, 6) is 0.300. The molecule has 0 aliphatic carbocycles.